The summed E-state index contributed by atoms with van der Waals surface area (Å²) in [5.74, 6) is 1.54. The van der Waals surface area contributed by atoms with Crippen LogP contribution < -0.4 is 15.8 Å². The molecule has 7 nitrogen and oxygen atoms in total. The first-order chi connectivity index (χ1) is 15.4. The lowest BCUT2D eigenvalue weighted by Crippen LogP contribution is -2.32. The van der Waals surface area contributed by atoms with Crippen molar-refractivity contribution >= 4 is 39.5 Å². The molecule has 1 amide bonds. The molecule has 3 aromatic rings. The number of allylic oxidation sites excluding steroid dienone is 1. The fraction of sp³-hybridized carbons (Fsp3) is 0.261. The van der Waals surface area contributed by atoms with Crippen LogP contribution in [0.5, 0.6) is 5.75 Å². The van der Waals surface area contributed by atoms with E-state index < -0.39 is 11.9 Å². The molecule has 1 atom stereocenters. The lowest BCUT2D eigenvalue weighted by atomic mass is 9.94. The summed E-state index contributed by atoms with van der Waals surface area (Å²) in [5, 5.41) is 8.46. The molecule has 166 valence electrons. The van der Waals surface area contributed by atoms with E-state index >= 15 is 0 Å². The number of ether oxygens (including phenoxy) is 1. The van der Waals surface area contributed by atoms with Gasteiger partial charge in [0.1, 0.15) is 18.4 Å². The SMILES string of the molecule is CCSc1nc2n(n1)C(c1cc(Br)ccc1OCc1ccc(C)cc1)C(C(N)=O)=C(C)N2. The van der Waals surface area contributed by atoms with Crippen LogP contribution in [-0.4, -0.2) is 26.4 Å². The lowest BCUT2D eigenvalue weighted by molar-refractivity contribution is -0.115. The molecule has 1 unspecified atom stereocenters. The first kappa shape index (κ1) is 22.4. The Labute approximate surface area is 199 Å². The predicted molar refractivity (Wildman–Crippen MR) is 130 cm³/mol. The first-order valence-corrected chi connectivity index (χ1v) is 12.0. The summed E-state index contributed by atoms with van der Waals surface area (Å²) in [5.41, 5.74) is 9.92. The van der Waals surface area contributed by atoms with Crippen LogP contribution in [0.3, 0.4) is 0 Å². The molecule has 4 rings (SSSR count). The number of aryl methyl sites for hydroxylation is 1. The zero-order valence-corrected chi connectivity index (χ0v) is 20.5. The zero-order valence-electron chi connectivity index (χ0n) is 18.1. The van der Waals surface area contributed by atoms with Crippen molar-refractivity contribution in [3.05, 3.63) is 74.9 Å². The van der Waals surface area contributed by atoms with Crippen LogP contribution in [0.15, 0.2) is 63.4 Å². The molecule has 3 N–H and O–H groups in total. The van der Waals surface area contributed by atoms with E-state index in [1.165, 1.54) is 17.3 Å². The fourth-order valence-corrected chi connectivity index (χ4v) is 4.57. The molecule has 1 aliphatic rings. The van der Waals surface area contributed by atoms with Gasteiger partial charge in [-0.05, 0) is 43.4 Å². The first-order valence-electron chi connectivity index (χ1n) is 10.2. The average molecular weight is 514 g/mol. The molecule has 2 aromatic carbocycles. The molecule has 0 aliphatic carbocycles. The summed E-state index contributed by atoms with van der Waals surface area (Å²) in [6.07, 6.45) is 0. The Balaban J connectivity index is 1.78. The summed E-state index contributed by atoms with van der Waals surface area (Å²) in [4.78, 5) is 17.1. The number of halogens is 1. The van der Waals surface area contributed by atoms with Gasteiger partial charge in [0.25, 0.3) is 0 Å². The average Bonchev–Trinajstić information content (AvgIpc) is 3.15. The number of hydrogen-bond acceptors (Lipinski definition) is 6. The second-order valence-electron chi connectivity index (χ2n) is 7.48. The molecule has 0 bridgehead atoms. The van der Waals surface area contributed by atoms with Crippen LogP contribution in [-0.2, 0) is 11.4 Å². The van der Waals surface area contributed by atoms with Gasteiger partial charge in [0, 0.05) is 15.7 Å². The maximum atomic E-state index is 12.5. The fourth-order valence-electron chi connectivity index (χ4n) is 3.64. The molecule has 32 heavy (non-hydrogen) atoms. The molecule has 0 fully saturated rings. The Morgan fingerprint density at radius 2 is 2.00 bits per heavy atom. The van der Waals surface area contributed by atoms with Crippen LogP contribution in [0.2, 0.25) is 0 Å². The summed E-state index contributed by atoms with van der Waals surface area (Å²) in [6.45, 7) is 6.31. The van der Waals surface area contributed by atoms with E-state index in [9.17, 15) is 4.79 Å². The predicted octanol–water partition coefficient (Wildman–Crippen LogP) is 4.81. The van der Waals surface area contributed by atoms with Crippen molar-refractivity contribution in [2.75, 3.05) is 11.1 Å². The molecular weight excluding hydrogens is 490 g/mol. The minimum absolute atomic E-state index is 0.398. The highest BCUT2D eigenvalue weighted by molar-refractivity contribution is 9.10. The second-order valence-corrected chi connectivity index (χ2v) is 9.63. The molecular formula is C23H24BrN5O2S. The second kappa shape index (κ2) is 9.38. The number of rotatable bonds is 7. The summed E-state index contributed by atoms with van der Waals surface area (Å²) in [6, 6.07) is 13.4. The van der Waals surface area contributed by atoms with Gasteiger partial charge in [-0.25, -0.2) is 4.68 Å². The van der Waals surface area contributed by atoms with E-state index in [0.29, 0.717) is 34.7 Å². The van der Waals surface area contributed by atoms with Gasteiger partial charge in [-0.2, -0.15) is 4.98 Å². The number of carbonyl (C=O) groups is 1. The Hall–Kier alpha value is -2.78. The number of anilines is 1. The summed E-state index contributed by atoms with van der Waals surface area (Å²) in [7, 11) is 0. The zero-order chi connectivity index (χ0) is 22.8. The minimum atomic E-state index is -0.562. The van der Waals surface area contributed by atoms with Gasteiger partial charge < -0.3 is 15.8 Å². The third-order valence-electron chi connectivity index (χ3n) is 5.15. The topological polar surface area (TPSA) is 95.1 Å². The van der Waals surface area contributed by atoms with Gasteiger partial charge in [0.05, 0.1) is 5.57 Å². The van der Waals surface area contributed by atoms with Crippen LogP contribution in [0.25, 0.3) is 0 Å². The molecule has 0 spiro atoms. The molecule has 9 heteroatoms. The van der Waals surface area contributed by atoms with Crippen LogP contribution in [0.1, 0.15) is 36.6 Å². The standard InChI is InChI=1S/C23H24BrN5O2S/c1-4-32-23-27-22-26-14(3)19(21(25)30)20(29(22)28-23)17-11-16(24)9-10-18(17)31-12-15-7-5-13(2)6-8-15/h5-11,20H,4,12H2,1-3H3,(H2,25,30)(H,26,27,28). The van der Waals surface area contributed by atoms with Crippen molar-refractivity contribution < 1.29 is 9.53 Å². The number of amides is 1. The molecule has 2 heterocycles. The lowest BCUT2D eigenvalue weighted by Gasteiger charge is -2.29. The Kier molecular flexibility index (Phi) is 6.57. The van der Waals surface area contributed by atoms with Gasteiger partial charge in [-0.3, -0.25) is 4.79 Å². The van der Waals surface area contributed by atoms with Crippen LogP contribution in [0, 0.1) is 6.92 Å². The number of primary amides is 1. The number of aromatic nitrogens is 3. The maximum absolute atomic E-state index is 12.5. The van der Waals surface area contributed by atoms with E-state index in [2.05, 4.69) is 50.4 Å². The normalized spacial score (nSPS) is 15.3. The van der Waals surface area contributed by atoms with E-state index in [-0.39, 0.29) is 0 Å². The van der Waals surface area contributed by atoms with Crippen molar-refractivity contribution in [1.82, 2.24) is 14.8 Å². The van der Waals surface area contributed by atoms with Gasteiger partial charge in [0.15, 0.2) is 0 Å². The number of nitrogens with one attached hydrogen (secondary N) is 1. The Morgan fingerprint density at radius 3 is 2.69 bits per heavy atom. The van der Waals surface area contributed by atoms with Gasteiger partial charge in [-0.1, -0.05) is 64.4 Å². The van der Waals surface area contributed by atoms with E-state index in [0.717, 1.165) is 21.4 Å². The highest BCUT2D eigenvalue weighted by Crippen LogP contribution is 2.40. The maximum Gasteiger partial charge on any atom is 0.248 e. The highest BCUT2D eigenvalue weighted by Gasteiger charge is 2.35. The molecule has 0 saturated carbocycles. The molecule has 1 aromatic heterocycles. The van der Waals surface area contributed by atoms with Crippen molar-refractivity contribution in [3.63, 3.8) is 0 Å². The van der Waals surface area contributed by atoms with Gasteiger partial charge in [0.2, 0.25) is 17.0 Å². The number of thioether (sulfide) groups is 1. The number of nitrogens with zero attached hydrogens (tertiary/aromatic N) is 3. The summed E-state index contributed by atoms with van der Waals surface area (Å²) >= 11 is 5.09. The molecule has 0 saturated heterocycles. The van der Waals surface area contributed by atoms with E-state index in [1.54, 1.807) is 4.68 Å². The third kappa shape index (κ3) is 4.54. The van der Waals surface area contributed by atoms with E-state index in [4.69, 9.17) is 10.5 Å². The quantitative estimate of drug-likeness (QED) is 0.440. The number of hydrogen-bond donors (Lipinski definition) is 2. The number of carbonyl (C=O) groups excluding carboxylic acids is 1. The Morgan fingerprint density at radius 1 is 1.25 bits per heavy atom. The van der Waals surface area contributed by atoms with Gasteiger partial charge >= 0.3 is 0 Å². The largest absolute Gasteiger partial charge is 0.489 e. The monoisotopic (exact) mass is 513 g/mol. The highest BCUT2D eigenvalue weighted by atomic mass is 79.9. The number of nitrogens with two attached hydrogens (primary N) is 1. The molecule has 1 aliphatic heterocycles. The summed E-state index contributed by atoms with van der Waals surface area (Å²) < 4.78 is 8.80. The van der Waals surface area contributed by atoms with Crippen LogP contribution in [0.4, 0.5) is 5.95 Å². The van der Waals surface area contributed by atoms with Gasteiger partial charge in [-0.15, -0.1) is 5.10 Å². The molecule has 0 radical (unpaired) electrons. The number of benzene rings is 2. The van der Waals surface area contributed by atoms with E-state index in [1.807, 2.05) is 44.2 Å². The van der Waals surface area contributed by atoms with Crippen molar-refractivity contribution in [1.29, 1.82) is 0 Å². The smallest absolute Gasteiger partial charge is 0.248 e. The third-order valence-corrected chi connectivity index (χ3v) is 6.37. The van der Waals surface area contributed by atoms with Crippen LogP contribution >= 0.6 is 27.7 Å². The Bertz CT molecular complexity index is 1190. The number of fused-ring (bicyclic) bond motifs is 1. The van der Waals surface area contributed by atoms with Crippen molar-refractivity contribution in [2.45, 2.75) is 38.6 Å². The minimum Gasteiger partial charge on any atom is -0.489 e. The van der Waals surface area contributed by atoms with Crippen molar-refractivity contribution in [3.8, 4) is 5.75 Å². The van der Waals surface area contributed by atoms with Crippen molar-refractivity contribution in [2.24, 2.45) is 5.73 Å².